The van der Waals surface area contributed by atoms with E-state index < -0.39 is 18.3 Å². The van der Waals surface area contributed by atoms with Crippen molar-refractivity contribution in [2.24, 2.45) is 5.73 Å². The number of hydrogen-bond donors (Lipinski definition) is 3. The van der Waals surface area contributed by atoms with E-state index in [1.54, 1.807) is 12.1 Å². The second-order valence-corrected chi connectivity index (χ2v) is 6.01. The van der Waals surface area contributed by atoms with Crippen LogP contribution in [0, 0.1) is 5.82 Å². The molecule has 0 aliphatic carbocycles. The van der Waals surface area contributed by atoms with Crippen LogP contribution in [0.1, 0.15) is 18.4 Å². The van der Waals surface area contributed by atoms with Crippen molar-refractivity contribution in [1.82, 2.24) is 5.32 Å². The first kappa shape index (κ1) is 16.3. The van der Waals surface area contributed by atoms with Crippen molar-refractivity contribution in [3.8, 4) is 0 Å². The molecule has 2 fully saturated rings. The smallest absolute Gasteiger partial charge is 0.222 e. The molecule has 0 aromatic heterocycles. The Bertz CT molecular complexity index is 554. The number of hydrogen-bond acceptors (Lipinski definition) is 5. The quantitative estimate of drug-likeness (QED) is 0.713. The fraction of sp³-hybridized carbons (Fsp3) is 0.562. The number of carbonyl (C=O) groups excluding carboxylic acids is 1. The van der Waals surface area contributed by atoms with Gasteiger partial charge in [-0.05, 0) is 17.7 Å². The number of aliphatic hydroxyl groups is 1. The van der Waals surface area contributed by atoms with Crippen molar-refractivity contribution in [3.05, 3.63) is 35.6 Å². The van der Waals surface area contributed by atoms with Crippen LogP contribution < -0.4 is 11.1 Å². The lowest BCUT2D eigenvalue weighted by molar-refractivity contribution is -0.124. The monoisotopic (exact) mass is 324 g/mol. The molecule has 0 saturated carbocycles. The van der Waals surface area contributed by atoms with Gasteiger partial charge in [0.1, 0.15) is 18.0 Å². The molecule has 0 spiro atoms. The summed E-state index contributed by atoms with van der Waals surface area (Å²) in [7, 11) is 0. The number of ether oxygens (including phenoxy) is 2. The molecule has 0 unspecified atom stereocenters. The highest BCUT2D eigenvalue weighted by atomic mass is 19.1. The van der Waals surface area contributed by atoms with E-state index in [-0.39, 0.29) is 36.9 Å². The number of rotatable bonds is 5. The fourth-order valence-corrected chi connectivity index (χ4v) is 3.12. The molecule has 1 aromatic carbocycles. The number of amides is 1. The van der Waals surface area contributed by atoms with Gasteiger partial charge in [-0.2, -0.15) is 0 Å². The number of carbonyl (C=O) groups is 1. The Kier molecular flexibility index (Phi) is 4.91. The molecule has 2 heterocycles. The van der Waals surface area contributed by atoms with Gasteiger partial charge in [-0.25, -0.2) is 4.39 Å². The summed E-state index contributed by atoms with van der Waals surface area (Å²) in [6.07, 6.45) is -1.23. The fourth-order valence-electron chi connectivity index (χ4n) is 3.12. The van der Waals surface area contributed by atoms with Crippen LogP contribution in [0.2, 0.25) is 0 Å². The molecule has 7 heteroatoms. The molecule has 2 aliphatic heterocycles. The third kappa shape index (κ3) is 3.69. The van der Waals surface area contributed by atoms with Gasteiger partial charge < -0.3 is 25.6 Å². The maximum atomic E-state index is 12.8. The lowest BCUT2D eigenvalue weighted by atomic mass is 10.1. The largest absolute Gasteiger partial charge is 0.388 e. The summed E-state index contributed by atoms with van der Waals surface area (Å²) >= 11 is 0. The van der Waals surface area contributed by atoms with Gasteiger partial charge in [-0.15, -0.1) is 0 Å². The minimum absolute atomic E-state index is 0.149. The molecule has 0 bridgehead atoms. The topological polar surface area (TPSA) is 93.8 Å². The van der Waals surface area contributed by atoms with E-state index in [9.17, 15) is 14.3 Å². The molecule has 4 N–H and O–H groups in total. The van der Waals surface area contributed by atoms with Crippen molar-refractivity contribution < 1.29 is 23.8 Å². The van der Waals surface area contributed by atoms with E-state index in [0.29, 0.717) is 13.0 Å². The van der Waals surface area contributed by atoms with E-state index in [2.05, 4.69) is 5.32 Å². The lowest BCUT2D eigenvalue weighted by Crippen LogP contribution is -2.37. The molecule has 0 radical (unpaired) electrons. The first-order chi connectivity index (χ1) is 11.1. The zero-order chi connectivity index (χ0) is 16.4. The van der Waals surface area contributed by atoms with Gasteiger partial charge in [-0.1, -0.05) is 12.1 Å². The van der Waals surface area contributed by atoms with Gasteiger partial charge >= 0.3 is 0 Å². The molecule has 3 rings (SSSR count). The Morgan fingerprint density at radius 2 is 2.09 bits per heavy atom. The number of halogens is 1. The molecule has 6 nitrogen and oxygen atoms in total. The second kappa shape index (κ2) is 6.92. The predicted octanol–water partition coefficient (Wildman–Crippen LogP) is 0.0765. The Morgan fingerprint density at radius 3 is 2.74 bits per heavy atom. The Hall–Kier alpha value is -1.54. The van der Waals surface area contributed by atoms with E-state index in [4.69, 9.17) is 15.2 Å². The van der Waals surface area contributed by atoms with Crippen LogP contribution in [0.25, 0.3) is 0 Å². The molecule has 2 aliphatic rings. The number of nitrogens with two attached hydrogens (primary N) is 1. The van der Waals surface area contributed by atoms with Crippen molar-refractivity contribution in [2.75, 3.05) is 6.54 Å². The van der Waals surface area contributed by atoms with Crippen LogP contribution in [0.15, 0.2) is 24.3 Å². The summed E-state index contributed by atoms with van der Waals surface area (Å²) < 4.78 is 24.2. The second-order valence-electron chi connectivity index (χ2n) is 6.01. The van der Waals surface area contributed by atoms with Gasteiger partial charge in [-0.3, -0.25) is 4.79 Å². The highest BCUT2D eigenvalue weighted by molar-refractivity contribution is 5.76. The number of fused-ring (bicyclic) bond motifs is 1. The van der Waals surface area contributed by atoms with Gasteiger partial charge in [0.15, 0.2) is 0 Å². The van der Waals surface area contributed by atoms with Crippen LogP contribution in [0.4, 0.5) is 4.39 Å². The zero-order valence-corrected chi connectivity index (χ0v) is 12.7. The van der Waals surface area contributed by atoms with Crippen LogP contribution in [0.5, 0.6) is 0 Å². The summed E-state index contributed by atoms with van der Waals surface area (Å²) in [5.41, 5.74) is 6.35. The molecular weight excluding hydrogens is 303 g/mol. The van der Waals surface area contributed by atoms with Crippen molar-refractivity contribution in [2.45, 2.75) is 49.9 Å². The molecule has 126 valence electrons. The van der Waals surface area contributed by atoms with Crippen molar-refractivity contribution >= 4 is 5.91 Å². The number of nitrogens with one attached hydrogen (secondary N) is 1. The van der Waals surface area contributed by atoms with Gasteiger partial charge in [0.05, 0.1) is 24.7 Å². The maximum absolute atomic E-state index is 12.8. The number of benzene rings is 1. The average molecular weight is 324 g/mol. The van der Waals surface area contributed by atoms with E-state index >= 15 is 0 Å². The number of aliphatic hydroxyl groups excluding tert-OH is 1. The normalized spacial score (nSPS) is 32.7. The minimum atomic E-state index is -0.739. The first-order valence-electron chi connectivity index (χ1n) is 7.77. The minimum Gasteiger partial charge on any atom is -0.388 e. The summed E-state index contributed by atoms with van der Waals surface area (Å²) in [6.45, 7) is 0.591. The van der Waals surface area contributed by atoms with E-state index in [1.807, 2.05) is 0 Å². The third-order valence-corrected chi connectivity index (χ3v) is 4.33. The Balaban J connectivity index is 1.44. The standard InChI is InChI=1S/C16H21FN2O4/c17-10-3-1-9(2-4-10)8-19-14(20)6-11-5-12-16(22-11)15(21)13(7-18)23-12/h1-4,11-13,15-16,21H,5-8,18H2,(H,19,20)/t11-,12-,13-,15-,16+/m1/s1. The highest BCUT2D eigenvalue weighted by Crippen LogP contribution is 2.35. The van der Waals surface area contributed by atoms with E-state index in [1.165, 1.54) is 12.1 Å². The molecule has 23 heavy (non-hydrogen) atoms. The van der Waals surface area contributed by atoms with E-state index in [0.717, 1.165) is 5.56 Å². The molecule has 5 atom stereocenters. The molecular formula is C16H21FN2O4. The van der Waals surface area contributed by atoms with Gasteiger partial charge in [0.2, 0.25) is 5.91 Å². The van der Waals surface area contributed by atoms with Gasteiger partial charge in [0.25, 0.3) is 0 Å². The Morgan fingerprint density at radius 1 is 1.35 bits per heavy atom. The van der Waals surface area contributed by atoms with Crippen molar-refractivity contribution in [3.63, 3.8) is 0 Å². The third-order valence-electron chi connectivity index (χ3n) is 4.33. The molecule has 1 amide bonds. The molecule has 1 aromatic rings. The van der Waals surface area contributed by atoms with Crippen LogP contribution >= 0.6 is 0 Å². The highest BCUT2D eigenvalue weighted by Gasteiger charge is 2.50. The SMILES string of the molecule is NC[C@H]1O[C@@H]2C[C@H](CC(=O)NCc3ccc(F)cc3)O[C@@H]2[C@@H]1O. The first-order valence-corrected chi connectivity index (χ1v) is 7.77. The lowest BCUT2D eigenvalue weighted by Gasteiger charge is -2.18. The van der Waals surface area contributed by atoms with Crippen LogP contribution in [0.3, 0.4) is 0 Å². The van der Waals surface area contributed by atoms with Crippen molar-refractivity contribution in [1.29, 1.82) is 0 Å². The van der Waals surface area contributed by atoms with Crippen LogP contribution in [-0.2, 0) is 20.8 Å². The summed E-state index contributed by atoms with van der Waals surface area (Å²) in [6, 6.07) is 5.97. The maximum Gasteiger partial charge on any atom is 0.222 e. The summed E-state index contributed by atoms with van der Waals surface area (Å²) in [5, 5.41) is 12.8. The van der Waals surface area contributed by atoms with Gasteiger partial charge in [0, 0.05) is 19.5 Å². The zero-order valence-electron chi connectivity index (χ0n) is 12.7. The predicted molar refractivity (Wildman–Crippen MR) is 79.9 cm³/mol. The molecule has 2 saturated heterocycles. The van der Waals surface area contributed by atoms with Crippen LogP contribution in [-0.4, -0.2) is 48.1 Å². The summed E-state index contributed by atoms with van der Waals surface area (Å²) in [5.74, 6) is -0.454. The summed E-state index contributed by atoms with van der Waals surface area (Å²) in [4.78, 5) is 12.0. The average Bonchev–Trinajstić information content (AvgIpc) is 3.05. The Labute approximate surface area is 133 Å².